The molecule has 0 radical (unpaired) electrons. The van der Waals surface area contributed by atoms with E-state index in [0.29, 0.717) is 13.2 Å². The number of rotatable bonds is 5. The van der Waals surface area contributed by atoms with E-state index in [1.165, 1.54) is 11.8 Å². The van der Waals surface area contributed by atoms with Crippen LogP contribution < -0.4 is 16.0 Å². The Labute approximate surface area is 123 Å². The highest BCUT2D eigenvalue weighted by Crippen LogP contribution is 2.25. The highest BCUT2D eigenvalue weighted by Gasteiger charge is 2.10. The Hall–Kier alpha value is -2.41. The number of benzene rings is 1. The van der Waals surface area contributed by atoms with Crippen LogP contribution in [0.4, 0.5) is 0 Å². The number of carbonyl (C=O) groups excluding carboxylic acids is 1. The summed E-state index contributed by atoms with van der Waals surface area (Å²) in [5.74, 6) is 5.47. The third-order valence-corrected chi connectivity index (χ3v) is 3.34. The molecule has 1 aromatic heterocycles. The zero-order chi connectivity index (χ0) is 15.4. The van der Waals surface area contributed by atoms with Crippen LogP contribution in [0.25, 0.3) is 0 Å². The van der Waals surface area contributed by atoms with Crippen molar-refractivity contribution in [2.45, 2.75) is 27.3 Å². The summed E-state index contributed by atoms with van der Waals surface area (Å²) in [5, 5.41) is 7.58. The van der Waals surface area contributed by atoms with Crippen LogP contribution >= 0.6 is 0 Å². The number of nitrogens with zero attached hydrogens (tertiary/aromatic N) is 3. The number of nitrogens with two attached hydrogens (primary N) is 1. The van der Waals surface area contributed by atoms with Gasteiger partial charge in [-0.1, -0.05) is 17.3 Å². The predicted octanol–water partition coefficient (Wildman–Crippen LogP) is 0.886. The van der Waals surface area contributed by atoms with E-state index >= 15 is 0 Å². The second-order valence-electron chi connectivity index (χ2n) is 4.84. The standard InChI is InChI=1S/C14H19N5O2/c1-9-4-5-10(2)13(11(9)3)21-7-6-19-8-12(17-18-19)14(20)16-15/h4-5,8H,6-7,15H2,1-3H3,(H,16,20). The van der Waals surface area contributed by atoms with Crippen molar-refractivity contribution in [3.05, 3.63) is 40.7 Å². The Kier molecular flexibility index (Phi) is 4.54. The Morgan fingerprint density at radius 2 is 2.05 bits per heavy atom. The first-order valence-corrected chi connectivity index (χ1v) is 6.63. The van der Waals surface area contributed by atoms with Crippen molar-refractivity contribution in [2.24, 2.45) is 5.84 Å². The van der Waals surface area contributed by atoms with Gasteiger partial charge in [-0.15, -0.1) is 5.10 Å². The highest BCUT2D eigenvalue weighted by atomic mass is 16.5. The van der Waals surface area contributed by atoms with Crippen molar-refractivity contribution in [1.29, 1.82) is 0 Å². The van der Waals surface area contributed by atoms with Gasteiger partial charge in [-0.3, -0.25) is 10.2 Å². The highest BCUT2D eigenvalue weighted by molar-refractivity contribution is 5.91. The molecule has 0 fully saturated rings. The van der Waals surface area contributed by atoms with E-state index in [0.717, 1.165) is 16.9 Å². The van der Waals surface area contributed by atoms with Crippen LogP contribution in [0.3, 0.4) is 0 Å². The summed E-state index contributed by atoms with van der Waals surface area (Å²) in [4.78, 5) is 11.3. The first-order valence-electron chi connectivity index (χ1n) is 6.63. The third kappa shape index (κ3) is 3.38. The molecule has 2 aromatic rings. The van der Waals surface area contributed by atoms with Gasteiger partial charge >= 0.3 is 0 Å². The van der Waals surface area contributed by atoms with E-state index in [9.17, 15) is 4.79 Å². The molecule has 1 heterocycles. The van der Waals surface area contributed by atoms with Crippen LogP contribution in [0.5, 0.6) is 5.75 Å². The van der Waals surface area contributed by atoms with Crippen molar-refractivity contribution in [3.8, 4) is 5.75 Å². The van der Waals surface area contributed by atoms with E-state index in [1.54, 1.807) is 4.68 Å². The molecule has 21 heavy (non-hydrogen) atoms. The van der Waals surface area contributed by atoms with Crippen molar-refractivity contribution < 1.29 is 9.53 Å². The fraction of sp³-hybridized carbons (Fsp3) is 0.357. The molecule has 0 atom stereocenters. The largest absolute Gasteiger partial charge is 0.491 e. The van der Waals surface area contributed by atoms with Crippen LogP contribution in [0, 0.1) is 20.8 Å². The molecule has 7 heteroatoms. The molecular formula is C14H19N5O2. The van der Waals surface area contributed by atoms with E-state index in [-0.39, 0.29) is 5.69 Å². The first-order chi connectivity index (χ1) is 10.0. The number of amides is 1. The summed E-state index contributed by atoms with van der Waals surface area (Å²) < 4.78 is 7.38. The maximum absolute atomic E-state index is 11.3. The Bertz CT molecular complexity index is 651. The Balaban J connectivity index is 1.97. The smallest absolute Gasteiger partial charge is 0.287 e. The van der Waals surface area contributed by atoms with Gasteiger partial charge in [-0.25, -0.2) is 10.5 Å². The van der Waals surface area contributed by atoms with Gasteiger partial charge in [0.25, 0.3) is 5.91 Å². The number of aryl methyl sites for hydroxylation is 2. The molecule has 0 saturated carbocycles. The summed E-state index contributed by atoms with van der Waals surface area (Å²) in [6, 6.07) is 4.11. The maximum Gasteiger partial charge on any atom is 0.287 e. The number of carbonyl (C=O) groups is 1. The molecule has 1 amide bonds. The average molecular weight is 289 g/mol. The van der Waals surface area contributed by atoms with Crippen LogP contribution in [-0.4, -0.2) is 27.5 Å². The summed E-state index contributed by atoms with van der Waals surface area (Å²) in [5.41, 5.74) is 5.62. The Morgan fingerprint density at radius 3 is 2.76 bits per heavy atom. The van der Waals surface area contributed by atoms with E-state index < -0.39 is 5.91 Å². The summed E-state index contributed by atoms with van der Waals surface area (Å²) >= 11 is 0. The van der Waals surface area contributed by atoms with Crippen LogP contribution in [-0.2, 0) is 6.54 Å². The van der Waals surface area contributed by atoms with Crippen LogP contribution in [0.15, 0.2) is 18.3 Å². The molecule has 0 bridgehead atoms. The van der Waals surface area contributed by atoms with Gasteiger partial charge < -0.3 is 4.74 Å². The van der Waals surface area contributed by atoms with E-state index in [2.05, 4.69) is 23.3 Å². The number of hydrogen-bond donors (Lipinski definition) is 2. The molecule has 112 valence electrons. The molecule has 0 unspecified atom stereocenters. The molecule has 0 aliphatic rings. The molecular weight excluding hydrogens is 270 g/mol. The summed E-state index contributed by atoms with van der Waals surface area (Å²) in [6.07, 6.45) is 1.53. The van der Waals surface area contributed by atoms with Gasteiger partial charge in [-0.05, 0) is 37.5 Å². The average Bonchev–Trinajstić information content (AvgIpc) is 2.95. The van der Waals surface area contributed by atoms with Gasteiger partial charge in [0.2, 0.25) is 0 Å². The van der Waals surface area contributed by atoms with Crippen molar-refractivity contribution >= 4 is 5.91 Å². The molecule has 2 rings (SSSR count). The van der Waals surface area contributed by atoms with E-state index in [4.69, 9.17) is 10.6 Å². The number of nitrogens with one attached hydrogen (secondary N) is 1. The minimum atomic E-state index is -0.465. The third-order valence-electron chi connectivity index (χ3n) is 3.34. The second-order valence-corrected chi connectivity index (χ2v) is 4.84. The lowest BCUT2D eigenvalue weighted by Crippen LogP contribution is -2.30. The molecule has 0 spiro atoms. The lowest BCUT2D eigenvalue weighted by Gasteiger charge is -2.13. The van der Waals surface area contributed by atoms with Crippen LogP contribution in [0.1, 0.15) is 27.2 Å². The SMILES string of the molecule is Cc1ccc(C)c(OCCn2cc(C(=O)NN)nn2)c1C. The molecule has 0 aliphatic heterocycles. The maximum atomic E-state index is 11.3. The van der Waals surface area contributed by atoms with E-state index in [1.807, 2.05) is 25.3 Å². The number of aromatic nitrogens is 3. The summed E-state index contributed by atoms with van der Waals surface area (Å²) in [7, 11) is 0. The van der Waals surface area contributed by atoms with Crippen molar-refractivity contribution in [2.75, 3.05) is 6.61 Å². The first kappa shape index (κ1) is 15.0. The van der Waals surface area contributed by atoms with Crippen LogP contribution in [0.2, 0.25) is 0 Å². The summed E-state index contributed by atoms with van der Waals surface area (Å²) in [6.45, 7) is 7.05. The van der Waals surface area contributed by atoms with Gasteiger partial charge in [0.05, 0.1) is 12.7 Å². The number of nitrogen functional groups attached to an aromatic ring is 1. The zero-order valence-corrected chi connectivity index (χ0v) is 12.4. The molecule has 1 aromatic carbocycles. The normalized spacial score (nSPS) is 10.5. The van der Waals surface area contributed by atoms with Gasteiger partial charge in [0.1, 0.15) is 12.4 Å². The molecule has 0 saturated heterocycles. The quantitative estimate of drug-likeness (QED) is 0.484. The molecule has 3 N–H and O–H groups in total. The van der Waals surface area contributed by atoms with Crippen molar-refractivity contribution in [3.63, 3.8) is 0 Å². The fourth-order valence-electron chi connectivity index (χ4n) is 1.97. The lowest BCUT2D eigenvalue weighted by molar-refractivity contribution is 0.0948. The second kappa shape index (κ2) is 6.36. The van der Waals surface area contributed by atoms with Crippen molar-refractivity contribution in [1.82, 2.24) is 20.4 Å². The Morgan fingerprint density at radius 1 is 1.33 bits per heavy atom. The minimum Gasteiger partial charge on any atom is -0.491 e. The predicted molar refractivity (Wildman–Crippen MR) is 77.8 cm³/mol. The number of hydrazine groups is 1. The molecule has 0 aliphatic carbocycles. The van der Waals surface area contributed by atoms with Gasteiger partial charge in [0.15, 0.2) is 5.69 Å². The molecule has 7 nitrogen and oxygen atoms in total. The zero-order valence-electron chi connectivity index (χ0n) is 12.4. The number of ether oxygens (including phenoxy) is 1. The number of hydrogen-bond acceptors (Lipinski definition) is 5. The monoisotopic (exact) mass is 289 g/mol. The van der Waals surface area contributed by atoms with Gasteiger partial charge in [0, 0.05) is 0 Å². The topological polar surface area (TPSA) is 95.1 Å². The van der Waals surface area contributed by atoms with Gasteiger partial charge in [-0.2, -0.15) is 0 Å². The lowest BCUT2D eigenvalue weighted by atomic mass is 10.1. The fourth-order valence-corrected chi connectivity index (χ4v) is 1.97. The minimum absolute atomic E-state index is 0.181.